The second kappa shape index (κ2) is 8.72. The van der Waals surface area contributed by atoms with Crippen molar-refractivity contribution in [3.63, 3.8) is 0 Å². The molecule has 32 heavy (non-hydrogen) atoms. The van der Waals surface area contributed by atoms with Crippen molar-refractivity contribution in [2.75, 3.05) is 31.1 Å². The van der Waals surface area contributed by atoms with E-state index >= 15 is 0 Å². The average molecular weight is 454 g/mol. The fourth-order valence-corrected chi connectivity index (χ4v) is 5.03. The van der Waals surface area contributed by atoms with E-state index in [0.717, 1.165) is 60.2 Å². The smallest absolute Gasteiger partial charge is 0.237 e. The maximum absolute atomic E-state index is 13.5. The number of rotatable bonds is 5. The number of carbonyl (C=O) groups excluding carboxylic acids is 1. The third-order valence-electron chi connectivity index (χ3n) is 7.14. The van der Waals surface area contributed by atoms with E-state index in [1.54, 1.807) is 6.07 Å². The standard InChI is InChI=1S/C26H28FN3O.ClH/c1-3-26(2)22-6-4-5-7-24(22)30(25(26)31)15-14-29-12-10-18(11-13-29)21-17-28-23-16-19(27)8-9-20(21)23;/h4-10,16-17,28H,3,11-15H2,1-2H3;1H. The first-order chi connectivity index (χ1) is 15.0. The predicted octanol–water partition coefficient (Wildman–Crippen LogP) is 5.53. The molecule has 2 aliphatic rings. The van der Waals surface area contributed by atoms with Gasteiger partial charge in [0, 0.05) is 54.5 Å². The zero-order chi connectivity index (χ0) is 21.6. The van der Waals surface area contributed by atoms with E-state index in [4.69, 9.17) is 0 Å². The molecule has 0 radical (unpaired) electrons. The lowest BCUT2D eigenvalue weighted by atomic mass is 9.81. The van der Waals surface area contributed by atoms with E-state index < -0.39 is 5.41 Å². The first-order valence-electron chi connectivity index (χ1n) is 11.1. The van der Waals surface area contributed by atoms with E-state index in [1.807, 2.05) is 29.3 Å². The van der Waals surface area contributed by atoms with Gasteiger partial charge in [0.05, 0.1) is 5.41 Å². The van der Waals surface area contributed by atoms with Gasteiger partial charge in [0.15, 0.2) is 0 Å². The van der Waals surface area contributed by atoms with Crippen LogP contribution in [0.15, 0.2) is 54.7 Å². The number of benzene rings is 2. The number of nitrogens with zero attached hydrogens (tertiary/aromatic N) is 2. The van der Waals surface area contributed by atoms with Crippen molar-refractivity contribution in [3.05, 3.63) is 71.7 Å². The number of halogens is 2. The summed E-state index contributed by atoms with van der Waals surface area (Å²) in [5.41, 5.74) is 5.10. The van der Waals surface area contributed by atoms with Gasteiger partial charge >= 0.3 is 0 Å². The molecule has 0 saturated carbocycles. The van der Waals surface area contributed by atoms with E-state index in [9.17, 15) is 9.18 Å². The summed E-state index contributed by atoms with van der Waals surface area (Å²) in [6, 6.07) is 13.1. The molecule has 0 saturated heterocycles. The normalized spacial score (nSPS) is 20.9. The Morgan fingerprint density at radius 3 is 2.72 bits per heavy atom. The van der Waals surface area contributed by atoms with Crippen LogP contribution in [0.2, 0.25) is 0 Å². The van der Waals surface area contributed by atoms with Gasteiger partial charge in [-0.1, -0.05) is 31.2 Å². The van der Waals surface area contributed by atoms with Crippen LogP contribution in [0.5, 0.6) is 0 Å². The van der Waals surface area contributed by atoms with Gasteiger partial charge in [-0.3, -0.25) is 9.69 Å². The molecule has 1 unspecified atom stereocenters. The summed E-state index contributed by atoms with van der Waals surface area (Å²) in [5.74, 6) is -0.00244. The first kappa shape index (κ1) is 22.6. The van der Waals surface area contributed by atoms with Crippen molar-refractivity contribution >= 4 is 40.5 Å². The van der Waals surface area contributed by atoms with Gasteiger partial charge in [0.2, 0.25) is 5.91 Å². The third-order valence-corrected chi connectivity index (χ3v) is 7.14. The van der Waals surface area contributed by atoms with Gasteiger partial charge in [-0.2, -0.15) is 0 Å². The van der Waals surface area contributed by atoms with Gasteiger partial charge in [-0.25, -0.2) is 4.39 Å². The highest BCUT2D eigenvalue weighted by atomic mass is 35.5. The first-order valence-corrected chi connectivity index (χ1v) is 11.1. The Kier molecular flexibility index (Phi) is 6.15. The van der Waals surface area contributed by atoms with Gasteiger partial charge in [0.25, 0.3) is 0 Å². The highest BCUT2D eigenvalue weighted by molar-refractivity contribution is 6.07. The summed E-state index contributed by atoms with van der Waals surface area (Å²) >= 11 is 0. The minimum atomic E-state index is -0.416. The molecule has 3 heterocycles. The Labute approximate surface area is 194 Å². The SMILES string of the molecule is CCC1(C)C(=O)N(CCN2CC=C(c3c[nH]c4cc(F)ccc34)CC2)c2ccccc21.Cl. The van der Waals surface area contributed by atoms with Crippen molar-refractivity contribution in [1.82, 2.24) is 9.88 Å². The molecule has 1 N–H and O–H groups in total. The predicted molar refractivity (Wildman–Crippen MR) is 131 cm³/mol. The van der Waals surface area contributed by atoms with Crippen LogP contribution in [-0.2, 0) is 10.2 Å². The molecule has 0 aliphatic carbocycles. The molecule has 168 valence electrons. The summed E-state index contributed by atoms with van der Waals surface area (Å²) in [6.07, 6.45) is 6.01. The molecule has 5 rings (SSSR count). The van der Waals surface area contributed by atoms with Crippen molar-refractivity contribution in [2.45, 2.75) is 32.1 Å². The quantitative estimate of drug-likeness (QED) is 0.551. The Morgan fingerprint density at radius 1 is 1.16 bits per heavy atom. The van der Waals surface area contributed by atoms with Crippen molar-refractivity contribution < 1.29 is 9.18 Å². The molecule has 1 atom stereocenters. The van der Waals surface area contributed by atoms with Crippen LogP contribution in [0.3, 0.4) is 0 Å². The van der Waals surface area contributed by atoms with Crippen molar-refractivity contribution in [2.24, 2.45) is 0 Å². The summed E-state index contributed by atoms with van der Waals surface area (Å²) in [4.78, 5) is 20.8. The van der Waals surface area contributed by atoms with Crippen molar-refractivity contribution in [1.29, 1.82) is 0 Å². The van der Waals surface area contributed by atoms with Crippen LogP contribution in [0, 0.1) is 5.82 Å². The summed E-state index contributed by atoms with van der Waals surface area (Å²) < 4.78 is 13.5. The van der Waals surface area contributed by atoms with Crippen LogP contribution in [0.1, 0.15) is 37.8 Å². The Morgan fingerprint density at radius 2 is 1.97 bits per heavy atom. The molecule has 1 aromatic heterocycles. The minimum Gasteiger partial charge on any atom is -0.360 e. The van der Waals surface area contributed by atoms with Gasteiger partial charge in [-0.15, -0.1) is 12.4 Å². The molecular weight excluding hydrogens is 425 g/mol. The Balaban J connectivity index is 0.00000245. The monoisotopic (exact) mass is 453 g/mol. The highest BCUT2D eigenvalue weighted by Crippen LogP contribution is 2.43. The molecular formula is C26H29ClFN3O. The van der Waals surface area contributed by atoms with Crippen LogP contribution in [0.25, 0.3) is 16.5 Å². The van der Waals surface area contributed by atoms with Crippen LogP contribution < -0.4 is 4.90 Å². The fraction of sp³-hybridized carbons (Fsp3) is 0.346. The zero-order valence-corrected chi connectivity index (χ0v) is 19.3. The number of H-pyrrole nitrogens is 1. The van der Waals surface area contributed by atoms with Crippen LogP contribution in [0.4, 0.5) is 10.1 Å². The van der Waals surface area contributed by atoms with Crippen LogP contribution in [-0.4, -0.2) is 42.0 Å². The number of aromatic nitrogens is 1. The maximum atomic E-state index is 13.5. The van der Waals surface area contributed by atoms with Crippen molar-refractivity contribution in [3.8, 4) is 0 Å². The minimum absolute atomic E-state index is 0. The molecule has 3 aromatic rings. The molecule has 0 bridgehead atoms. The Hall–Kier alpha value is -2.63. The molecule has 0 fully saturated rings. The number of para-hydroxylation sites is 1. The second-order valence-corrected chi connectivity index (χ2v) is 8.83. The van der Waals surface area contributed by atoms with Gasteiger partial charge in [0.1, 0.15) is 5.82 Å². The topological polar surface area (TPSA) is 39.3 Å². The summed E-state index contributed by atoms with van der Waals surface area (Å²) in [6.45, 7) is 7.53. The van der Waals surface area contributed by atoms with Gasteiger partial charge < -0.3 is 9.88 Å². The Bertz CT molecular complexity index is 1190. The van der Waals surface area contributed by atoms with Gasteiger partial charge in [-0.05, 0) is 55.2 Å². The molecule has 6 heteroatoms. The van der Waals surface area contributed by atoms with E-state index in [2.05, 4.69) is 41.9 Å². The number of anilines is 1. The third kappa shape index (κ3) is 3.63. The highest BCUT2D eigenvalue weighted by Gasteiger charge is 2.45. The number of hydrogen-bond acceptors (Lipinski definition) is 2. The fourth-order valence-electron chi connectivity index (χ4n) is 5.03. The molecule has 2 aromatic carbocycles. The zero-order valence-electron chi connectivity index (χ0n) is 18.5. The number of nitrogens with one attached hydrogen (secondary N) is 1. The molecule has 2 aliphatic heterocycles. The largest absolute Gasteiger partial charge is 0.360 e. The number of fused-ring (bicyclic) bond motifs is 2. The summed E-state index contributed by atoms with van der Waals surface area (Å²) in [7, 11) is 0. The lowest BCUT2D eigenvalue weighted by molar-refractivity contribution is -0.122. The number of carbonyl (C=O) groups is 1. The number of hydrogen-bond donors (Lipinski definition) is 1. The summed E-state index contributed by atoms with van der Waals surface area (Å²) in [5, 5.41) is 1.07. The second-order valence-electron chi connectivity index (χ2n) is 8.83. The molecule has 1 amide bonds. The average Bonchev–Trinajstić information content (AvgIpc) is 3.30. The van der Waals surface area contributed by atoms with E-state index in [0.29, 0.717) is 6.54 Å². The lowest BCUT2D eigenvalue weighted by Gasteiger charge is -2.29. The molecule has 0 spiro atoms. The van der Waals surface area contributed by atoms with Crippen LogP contribution >= 0.6 is 12.4 Å². The van der Waals surface area contributed by atoms with E-state index in [1.165, 1.54) is 11.6 Å². The number of amides is 1. The lowest BCUT2D eigenvalue weighted by Crippen LogP contribution is -2.42. The maximum Gasteiger partial charge on any atom is 0.237 e. The number of aromatic amines is 1. The molecule has 4 nitrogen and oxygen atoms in total. The van der Waals surface area contributed by atoms with E-state index in [-0.39, 0.29) is 24.1 Å².